The van der Waals surface area contributed by atoms with Crippen LogP contribution in [0.3, 0.4) is 0 Å². The van der Waals surface area contributed by atoms with Crippen molar-refractivity contribution in [1.29, 1.82) is 0 Å². The predicted octanol–water partition coefficient (Wildman–Crippen LogP) is 1.36. The van der Waals surface area contributed by atoms with E-state index in [1.165, 1.54) is 13.2 Å². The fraction of sp³-hybridized carbons (Fsp3) is 0.538. The van der Waals surface area contributed by atoms with Gasteiger partial charge in [-0.05, 0) is 31.4 Å². The minimum atomic E-state index is -3.65. The van der Waals surface area contributed by atoms with Gasteiger partial charge in [-0.1, -0.05) is 13.0 Å². The fourth-order valence-corrected chi connectivity index (χ4v) is 3.41. The van der Waals surface area contributed by atoms with Crippen LogP contribution in [-0.2, 0) is 10.0 Å². The molecule has 1 aromatic carbocycles. The smallest absolute Gasteiger partial charge is 0.241 e. The van der Waals surface area contributed by atoms with E-state index in [-0.39, 0.29) is 11.5 Å². The molecule has 108 valence electrons. The summed E-state index contributed by atoms with van der Waals surface area (Å²) in [6.45, 7) is 5.18. The number of benzene rings is 1. The molecule has 5 nitrogen and oxygen atoms in total. The molecule has 19 heavy (non-hydrogen) atoms. The van der Waals surface area contributed by atoms with E-state index in [1.807, 2.05) is 13.8 Å². The number of hydrogen-bond acceptors (Lipinski definition) is 4. The second-order valence-corrected chi connectivity index (χ2v) is 6.18. The molecule has 1 rings (SSSR count). The van der Waals surface area contributed by atoms with E-state index in [0.717, 1.165) is 5.56 Å². The van der Waals surface area contributed by atoms with Gasteiger partial charge in [-0.3, -0.25) is 0 Å². The number of ether oxygens (including phenoxy) is 1. The van der Waals surface area contributed by atoms with Crippen molar-refractivity contribution in [3.8, 4) is 5.75 Å². The number of sulfonamides is 1. The Bertz CT molecular complexity index is 536. The second kappa shape index (κ2) is 6.36. The summed E-state index contributed by atoms with van der Waals surface area (Å²) in [7, 11) is -2.15. The van der Waals surface area contributed by atoms with Gasteiger partial charge in [0, 0.05) is 12.1 Å². The molecule has 0 saturated heterocycles. The number of hydrogen-bond donors (Lipinski definition) is 2. The fourth-order valence-electron chi connectivity index (χ4n) is 1.86. The molecular formula is C13H21NO4S. The number of aliphatic hydroxyl groups excluding tert-OH is 1. The maximum absolute atomic E-state index is 12.3. The first kappa shape index (κ1) is 15.9. The van der Waals surface area contributed by atoms with E-state index in [9.17, 15) is 8.42 Å². The summed E-state index contributed by atoms with van der Waals surface area (Å²) in [5.41, 5.74) is 1.53. The van der Waals surface area contributed by atoms with Crippen LogP contribution in [0.15, 0.2) is 17.0 Å². The Labute approximate surface area is 114 Å². The zero-order chi connectivity index (χ0) is 14.6. The molecule has 0 aliphatic rings. The molecule has 0 amide bonds. The molecule has 0 bridgehead atoms. The lowest BCUT2D eigenvalue weighted by atomic mass is 10.1. The van der Waals surface area contributed by atoms with Crippen LogP contribution in [0.5, 0.6) is 5.75 Å². The monoisotopic (exact) mass is 287 g/mol. The van der Waals surface area contributed by atoms with Crippen LogP contribution < -0.4 is 9.46 Å². The summed E-state index contributed by atoms with van der Waals surface area (Å²) >= 11 is 0. The maximum atomic E-state index is 12.3. The maximum Gasteiger partial charge on any atom is 0.241 e. The third kappa shape index (κ3) is 3.68. The lowest BCUT2D eigenvalue weighted by Crippen LogP contribution is -2.37. The Morgan fingerprint density at radius 2 is 1.95 bits per heavy atom. The number of rotatable bonds is 6. The van der Waals surface area contributed by atoms with Crippen molar-refractivity contribution in [3.05, 3.63) is 23.3 Å². The molecule has 0 fully saturated rings. The topological polar surface area (TPSA) is 75.6 Å². The Morgan fingerprint density at radius 3 is 2.42 bits per heavy atom. The third-order valence-electron chi connectivity index (χ3n) is 3.02. The zero-order valence-electron chi connectivity index (χ0n) is 11.7. The predicted molar refractivity (Wildman–Crippen MR) is 74.0 cm³/mol. The van der Waals surface area contributed by atoms with Gasteiger partial charge in [0.05, 0.1) is 18.6 Å². The average Bonchev–Trinajstić information content (AvgIpc) is 2.35. The summed E-state index contributed by atoms with van der Waals surface area (Å²) in [4.78, 5) is 0.182. The molecule has 0 spiro atoms. The van der Waals surface area contributed by atoms with Crippen LogP contribution in [0.2, 0.25) is 0 Å². The highest BCUT2D eigenvalue weighted by molar-refractivity contribution is 7.89. The van der Waals surface area contributed by atoms with Gasteiger partial charge in [0.25, 0.3) is 0 Å². The molecule has 1 aromatic rings. The molecule has 0 aromatic heterocycles. The Morgan fingerprint density at radius 1 is 1.32 bits per heavy atom. The first-order valence-electron chi connectivity index (χ1n) is 6.14. The van der Waals surface area contributed by atoms with E-state index >= 15 is 0 Å². The molecule has 0 unspecified atom stereocenters. The molecule has 6 heteroatoms. The molecule has 1 atom stereocenters. The van der Waals surface area contributed by atoms with Crippen LogP contribution in [0.25, 0.3) is 0 Å². The number of aliphatic hydroxyl groups is 1. The number of aryl methyl sites for hydroxylation is 2. The molecule has 0 heterocycles. The van der Waals surface area contributed by atoms with Gasteiger partial charge >= 0.3 is 0 Å². The van der Waals surface area contributed by atoms with Gasteiger partial charge in [-0.25, -0.2) is 13.1 Å². The van der Waals surface area contributed by atoms with Crippen molar-refractivity contribution in [2.45, 2.75) is 38.1 Å². The Hall–Kier alpha value is -1.11. The van der Waals surface area contributed by atoms with Crippen LogP contribution in [0.4, 0.5) is 0 Å². The summed E-state index contributed by atoms with van der Waals surface area (Å²) in [5, 5.41) is 9.10. The van der Waals surface area contributed by atoms with Gasteiger partial charge < -0.3 is 9.84 Å². The van der Waals surface area contributed by atoms with E-state index < -0.39 is 16.1 Å². The molecule has 0 aliphatic heterocycles. The standard InChI is InChI=1S/C13H21NO4S/c1-5-11(8-15)14-19(16,17)13-7-12(18-4)9(2)6-10(13)3/h6-7,11,14-15H,5,8H2,1-4H3/t11-/m1/s1. The SMILES string of the molecule is CC[C@H](CO)NS(=O)(=O)c1cc(OC)c(C)cc1C. The quantitative estimate of drug-likeness (QED) is 0.828. The van der Waals surface area contributed by atoms with Gasteiger partial charge in [0.1, 0.15) is 5.75 Å². The van der Waals surface area contributed by atoms with E-state index in [0.29, 0.717) is 17.7 Å². The van der Waals surface area contributed by atoms with Gasteiger partial charge in [0.15, 0.2) is 0 Å². The van der Waals surface area contributed by atoms with Gasteiger partial charge in [0.2, 0.25) is 10.0 Å². The number of methoxy groups -OCH3 is 1. The van der Waals surface area contributed by atoms with Crippen molar-refractivity contribution in [2.24, 2.45) is 0 Å². The molecule has 0 saturated carbocycles. The van der Waals surface area contributed by atoms with Crippen LogP contribution in [-0.4, -0.2) is 33.3 Å². The Kier molecular flexibility index (Phi) is 5.34. The summed E-state index contributed by atoms with van der Waals surface area (Å²) < 4.78 is 32.2. The van der Waals surface area contributed by atoms with E-state index in [1.54, 1.807) is 13.0 Å². The van der Waals surface area contributed by atoms with Crippen molar-refractivity contribution >= 4 is 10.0 Å². The van der Waals surface area contributed by atoms with Crippen molar-refractivity contribution in [1.82, 2.24) is 4.72 Å². The van der Waals surface area contributed by atoms with Crippen LogP contribution in [0, 0.1) is 13.8 Å². The highest BCUT2D eigenvalue weighted by Gasteiger charge is 2.22. The zero-order valence-corrected chi connectivity index (χ0v) is 12.5. The summed E-state index contributed by atoms with van der Waals surface area (Å²) in [6.07, 6.45) is 0.526. The first-order chi connectivity index (χ1) is 8.85. The molecule has 0 radical (unpaired) electrons. The van der Waals surface area contributed by atoms with E-state index in [4.69, 9.17) is 9.84 Å². The lowest BCUT2D eigenvalue weighted by molar-refractivity contribution is 0.254. The molecular weight excluding hydrogens is 266 g/mol. The minimum absolute atomic E-state index is 0.182. The van der Waals surface area contributed by atoms with Crippen molar-refractivity contribution in [3.63, 3.8) is 0 Å². The summed E-state index contributed by atoms with van der Waals surface area (Å²) in [6, 6.07) is 2.81. The normalized spacial score (nSPS) is 13.3. The highest BCUT2D eigenvalue weighted by atomic mass is 32.2. The molecule has 2 N–H and O–H groups in total. The highest BCUT2D eigenvalue weighted by Crippen LogP contribution is 2.25. The largest absolute Gasteiger partial charge is 0.496 e. The number of nitrogens with one attached hydrogen (secondary N) is 1. The average molecular weight is 287 g/mol. The van der Waals surface area contributed by atoms with Crippen molar-refractivity contribution in [2.75, 3.05) is 13.7 Å². The first-order valence-corrected chi connectivity index (χ1v) is 7.62. The van der Waals surface area contributed by atoms with Crippen LogP contribution in [0.1, 0.15) is 24.5 Å². The second-order valence-electron chi connectivity index (χ2n) is 4.50. The van der Waals surface area contributed by atoms with Crippen molar-refractivity contribution < 1.29 is 18.3 Å². The van der Waals surface area contributed by atoms with E-state index in [2.05, 4.69) is 4.72 Å². The lowest BCUT2D eigenvalue weighted by Gasteiger charge is -2.17. The molecule has 0 aliphatic carbocycles. The van der Waals surface area contributed by atoms with Crippen LogP contribution >= 0.6 is 0 Å². The van der Waals surface area contributed by atoms with Gasteiger partial charge in [-0.2, -0.15) is 0 Å². The third-order valence-corrected chi connectivity index (χ3v) is 4.68. The minimum Gasteiger partial charge on any atom is -0.496 e. The van der Waals surface area contributed by atoms with Gasteiger partial charge in [-0.15, -0.1) is 0 Å². The summed E-state index contributed by atoms with van der Waals surface area (Å²) in [5.74, 6) is 0.531. The Balaban J connectivity index is 3.21.